The second-order valence-electron chi connectivity index (χ2n) is 3.78. The van der Waals surface area contributed by atoms with Gasteiger partial charge in [0.25, 0.3) is 0 Å². The van der Waals surface area contributed by atoms with Crippen LogP contribution in [0.2, 0.25) is 0 Å². The van der Waals surface area contributed by atoms with E-state index in [1.807, 2.05) is 17.5 Å². The highest BCUT2D eigenvalue weighted by molar-refractivity contribution is 7.17. The maximum absolute atomic E-state index is 11.9. The quantitative estimate of drug-likeness (QED) is 0.681. The van der Waals surface area contributed by atoms with E-state index in [2.05, 4.69) is 12.1 Å². The molecule has 3 rings (SSSR count). The Labute approximate surface area is 86.4 Å². The van der Waals surface area contributed by atoms with Crippen LogP contribution in [0, 0.1) is 5.92 Å². The molecule has 1 saturated carbocycles. The number of hydrogen-bond donors (Lipinski definition) is 0. The molecule has 0 aliphatic heterocycles. The molecule has 0 amide bonds. The minimum Gasteiger partial charge on any atom is -0.294 e. The molecular weight excluding hydrogens is 192 g/mol. The molecule has 1 aromatic carbocycles. The molecule has 1 aliphatic rings. The van der Waals surface area contributed by atoms with Crippen molar-refractivity contribution in [2.75, 3.05) is 0 Å². The number of thiophene rings is 1. The van der Waals surface area contributed by atoms with Crippen LogP contribution < -0.4 is 0 Å². The van der Waals surface area contributed by atoms with E-state index >= 15 is 0 Å². The average molecular weight is 202 g/mol. The smallest absolute Gasteiger partial charge is 0.167 e. The Morgan fingerprint density at radius 3 is 2.93 bits per heavy atom. The zero-order chi connectivity index (χ0) is 9.54. The molecule has 0 spiro atoms. The van der Waals surface area contributed by atoms with Gasteiger partial charge in [0, 0.05) is 16.2 Å². The molecule has 1 fully saturated rings. The van der Waals surface area contributed by atoms with E-state index in [4.69, 9.17) is 0 Å². The van der Waals surface area contributed by atoms with E-state index in [0.717, 1.165) is 23.1 Å². The molecule has 0 radical (unpaired) electrons. The predicted octanol–water partition coefficient (Wildman–Crippen LogP) is 3.49. The number of Topliss-reactive ketones (excluding diaryl/α,β-unsaturated/α-hetero) is 1. The monoisotopic (exact) mass is 202 g/mol. The van der Waals surface area contributed by atoms with Crippen molar-refractivity contribution in [1.29, 1.82) is 0 Å². The number of hydrogen-bond acceptors (Lipinski definition) is 2. The first kappa shape index (κ1) is 8.18. The van der Waals surface area contributed by atoms with Crippen molar-refractivity contribution in [1.82, 2.24) is 0 Å². The summed E-state index contributed by atoms with van der Waals surface area (Å²) in [6.07, 6.45) is 2.17. The Bertz CT molecular complexity index is 494. The average Bonchev–Trinajstić information content (AvgIpc) is 2.94. The predicted molar refractivity (Wildman–Crippen MR) is 58.9 cm³/mol. The topological polar surface area (TPSA) is 17.1 Å². The van der Waals surface area contributed by atoms with Gasteiger partial charge in [0.2, 0.25) is 0 Å². The molecule has 1 nitrogen and oxygen atoms in total. The standard InChI is InChI=1S/C12H10OS/c13-11(8-4-5-8)10-3-1-2-9-6-7-14-12(9)10/h1-3,6-8H,4-5H2. The fraction of sp³-hybridized carbons (Fsp3) is 0.250. The van der Waals surface area contributed by atoms with Gasteiger partial charge in [-0.1, -0.05) is 12.1 Å². The molecule has 0 saturated heterocycles. The first-order valence-electron chi connectivity index (χ1n) is 4.87. The van der Waals surface area contributed by atoms with E-state index in [1.165, 1.54) is 5.39 Å². The molecule has 14 heavy (non-hydrogen) atoms. The van der Waals surface area contributed by atoms with Gasteiger partial charge in [-0.15, -0.1) is 11.3 Å². The molecule has 2 heteroatoms. The lowest BCUT2D eigenvalue weighted by Gasteiger charge is -1.99. The van der Waals surface area contributed by atoms with Gasteiger partial charge < -0.3 is 0 Å². The third-order valence-electron chi connectivity index (χ3n) is 2.69. The summed E-state index contributed by atoms with van der Waals surface area (Å²) in [6, 6.07) is 8.07. The second-order valence-corrected chi connectivity index (χ2v) is 4.70. The number of rotatable bonds is 2. The van der Waals surface area contributed by atoms with E-state index in [1.54, 1.807) is 11.3 Å². The number of ketones is 1. The number of fused-ring (bicyclic) bond motifs is 1. The molecule has 1 heterocycles. The number of carbonyl (C=O) groups is 1. The van der Waals surface area contributed by atoms with Gasteiger partial charge in [0.1, 0.15) is 0 Å². The Kier molecular flexibility index (Phi) is 1.71. The van der Waals surface area contributed by atoms with Crippen molar-refractivity contribution < 1.29 is 4.79 Å². The van der Waals surface area contributed by atoms with Gasteiger partial charge >= 0.3 is 0 Å². The van der Waals surface area contributed by atoms with Gasteiger partial charge in [-0.2, -0.15) is 0 Å². The maximum Gasteiger partial charge on any atom is 0.167 e. The lowest BCUT2D eigenvalue weighted by Crippen LogP contribution is -2.00. The SMILES string of the molecule is O=C(c1cccc2ccsc12)C1CC1. The third-order valence-corrected chi connectivity index (χ3v) is 3.66. The van der Waals surface area contributed by atoms with Gasteiger partial charge in [-0.3, -0.25) is 4.79 Å². The summed E-state index contributed by atoms with van der Waals surface area (Å²) < 4.78 is 1.16. The van der Waals surface area contributed by atoms with Gasteiger partial charge in [0.05, 0.1) is 0 Å². The molecule has 0 atom stereocenters. The van der Waals surface area contributed by atoms with E-state index in [-0.39, 0.29) is 0 Å². The van der Waals surface area contributed by atoms with Crippen molar-refractivity contribution in [3.63, 3.8) is 0 Å². The van der Waals surface area contributed by atoms with Crippen molar-refractivity contribution in [2.24, 2.45) is 5.92 Å². The van der Waals surface area contributed by atoms with Gasteiger partial charge in [0.15, 0.2) is 5.78 Å². The summed E-state index contributed by atoms with van der Waals surface area (Å²) in [5, 5.41) is 3.25. The van der Waals surface area contributed by atoms with Crippen LogP contribution in [-0.4, -0.2) is 5.78 Å². The molecule has 0 unspecified atom stereocenters. The second kappa shape index (κ2) is 2.92. The first-order valence-corrected chi connectivity index (χ1v) is 5.74. The Morgan fingerprint density at radius 1 is 1.29 bits per heavy atom. The van der Waals surface area contributed by atoms with Crippen LogP contribution in [0.4, 0.5) is 0 Å². The lowest BCUT2D eigenvalue weighted by molar-refractivity contribution is 0.0969. The van der Waals surface area contributed by atoms with Crippen LogP contribution >= 0.6 is 11.3 Å². The molecule has 70 valence electrons. The Morgan fingerprint density at radius 2 is 2.14 bits per heavy atom. The highest BCUT2D eigenvalue weighted by Crippen LogP contribution is 2.35. The zero-order valence-electron chi connectivity index (χ0n) is 7.69. The Hall–Kier alpha value is -1.15. The molecule has 0 N–H and O–H groups in total. The van der Waals surface area contributed by atoms with E-state index in [9.17, 15) is 4.79 Å². The molecule has 0 bridgehead atoms. The summed E-state index contributed by atoms with van der Waals surface area (Å²) >= 11 is 1.67. The first-order chi connectivity index (χ1) is 6.86. The van der Waals surface area contributed by atoms with Crippen molar-refractivity contribution in [3.8, 4) is 0 Å². The van der Waals surface area contributed by atoms with Crippen molar-refractivity contribution in [3.05, 3.63) is 35.2 Å². The molecule has 2 aromatic rings. The van der Waals surface area contributed by atoms with E-state index in [0.29, 0.717) is 11.7 Å². The van der Waals surface area contributed by atoms with Crippen molar-refractivity contribution >= 4 is 27.2 Å². The summed E-state index contributed by atoms with van der Waals surface area (Å²) in [5.41, 5.74) is 0.931. The van der Waals surface area contributed by atoms with Gasteiger partial charge in [-0.05, 0) is 35.7 Å². The number of benzene rings is 1. The number of carbonyl (C=O) groups excluding carboxylic acids is 1. The minimum atomic E-state index is 0.322. The summed E-state index contributed by atoms with van der Waals surface area (Å²) in [5.74, 6) is 0.667. The van der Waals surface area contributed by atoms with Crippen LogP contribution in [0.5, 0.6) is 0 Å². The van der Waals surface area contributed by atoms with Crippen molar-refractivity contribution in [2.45, 2.75) is 12.8 Å². The minimum absolute atomic E-state index is 0.322. The largest absolute Gasteiger partial charge is 0.294 e. The Balaban J connectivity index is 2.18. The van der Waals surface area contributed by atoms with Crippen LogP contribution in [0.1, 0.15) is 23.2 Å². The summed E-state index contributed by atoms with van der Waals surface area (Å²) in [7, 11) is 0. The maximum atomic E-state index is 11.9. The lowest BCUT2D eigenvalue weighted by atomic mass is 10.1. The highest BCUT2D eigenvalue weighted by atomic mass is 32.1. The summed E-state index contributed by atoms with van der Waals surface area (Å²) in [6.45, 7) is 0. The van der Waals surface area contributed by atoms with Crippen LogP contribution in [0.25, 0.3) is 10.1 Å². The third kappa shape index (κ3) is 1.18. The van der Waals surface area contributed by atoms with E-state index < -0.39 is 0 Å². The van der Waals surface area contributed by atoms with Crippen LogP contribution in [-0.2, 0) is 0 Å². The fourth-order valence-electron chi connectivity index (χ4n) is 1.75. The highest BCUT2D eigenvalue weighted by Gasteiger charge is 2.31. The molecular formula is C12H10OS. The fourth-order valence-corrected chi connectivity index (χ4v) is 2.67. The normalized spacial score (nSPS) is 16.0. The van der Waals surface area contributed by atoms with Crippen LogP contribution in [0.15, 0.2) is 29.6 Å². The zero-order valence-corrected chi connectivity index (χ0v) is 8.51. The van der Waals surface area contributed by atoms with Gasteiger partial charge in [-0.25, -0.2) is 0 Å². The summed E-state index contributed by atoms with van der Waals surface area (Å²) in [4.78, 5) is 11.9. The molecule has 1 aliphatic carbocycles. The van der Waals surface area contributed by atoms with Crippen LogP contribution in [0.3, 0.4) is 0 Å². The molecule has 1 aromatic heterocycles.